The molecule has 84 valence electrons. The second kappa shape index (κ2) is 4.45. The third-order valence-electron chi connectivity index (χ3n) is 2.24. The zero-order valence-corrected chi connectivity index (χ0v) is 10.1. The van der Waals surface area contributed by atoms with Crippen LogP contribution >= 0.6 is 23.2 Å². The molecule has 0 fully saturated rings. The smallest absolute Gasteiger partial charge is 0.0886 e. The molecule has 5 heteroatoms. The first kappa shape index (κ1) is 11.5. The molecule has 1 aromatic heterocycles. The fraction of sp³-hybridized carbons (Fsp3) is 0.182. The lowest BCUT2D eigenvalue weighted by molar-refractivity contribution is 0.276. The average molecular weight is 257 g/mol. The van der Waals surface area contributed by atoms with Crippen molar-refractivity contribution in [2.45, 2.75) is 13.5 Å². The summed E-state index contributed by atoms with van der Waals surface area (Å²) in [6.45, 7) is 1.80. The maximum absolute atomic E-state index is 9.01. The molecule has 0 radical (unpaired) electrons. The standard InChI is InChI=1S/C11H10Cl2N2O/c1-7-4-9(6-16)14-15(7)11-5-8(12)2-3-10(11)13/h2-5,16H,6H2,1H3. The molecule has 3 nitrogen and oxygen atoms in total. The van der Waals surface area contributed by atoms with E-state index in [1.807, 2.05) is 6.92 Å². The van der Waals surface area contributed by atoms with E-state index in [1.165, 1.54) is 0 Å². The second-order valence-electron chi connectivity index (χ2n) is 3.44. The van der Waals surface area contributed by atoms with Crippen molar-refractivity contribution >= 4 is 23.2 Å². The molecule has 2 aromatic rings. The third kappa shape index (κ3) is 2.07. The van der Waals surface area contributed by atoms with Crippen LogP contribution < -0.4 is 0 Å². The highest BCUT2D eigenvalue weighted by Crippen LogP contribution is 2.25. The van der Waals surface area contributed by atoms with Gasteiger partial charge in [0.2, 0.25) is 0 Å². The Bertz CT molecular complexity index is 523. The second-order valence-corrected chi connectivity index (χ2v) is 4.29. The fourth-order valence-electron chi connectivity index (χ4n) is 1.51. The summed E-state index contributed by atoms with van der Waals surface area (Å²) in [5, 5.41) is 14.4. The predicted molar refractivity (Wildman–Crippen MR) is 64.2 cm³/mol. The summed E-state index contributed by atoms with van der Waals surface area (Å²) in [6.07, 6.45) is 0. The molecule has 0 unspecified atom stereocenters. The highest BCUT2D eigenvalue weighted by Gasteiger charge is 2.09. The zero-order chi connectivity index (χ0) is 11.7. The van der Waals surface area contributed by atoms with Gasteiger partial charge in [0.05, 0.1) is 23.0 Å². The molecular weight excluding hydrogens is 247 g/mol. The highest BCUT2D eigenvalue weighted by atomic mass is 35.5. The Hall–Kier alpha value is -1.03. The number of hydrogen-bond donors (Lipinski definition) is 1. The van der Waals surface area contributed by atoms with Crippen LogP contribution in [0.1, 0.15) is 11.4 Å². The van der Waals surface area contributed by atoms with E-state index in [0.717, 1.165) is 5.69 Å². The van der Waals surface area contributed by atoms with E-state index in [0.29, 0.717) is 21.4 Å². The van der Waals surface area contributed by atoms with Crippen molar-refractivity contribution < 1.29 is 5.11 Å². The molecule has 0 saturated carbocycles. The SMILES string of the molecule is Cc1cc(CO)nn1-c1cc(Cl)ccc1Cl. The van der Waals surface area contributed by atoms with Crippen molar-refractivity contribution in [3.63, 3.8) is 0 Å². The molecule has 0 aliphatic rings. The van der Waals surface area contributed by atoms with Crippen LogP contribution in [0.4, 0.5) is 0 Å². The quantitative estimate of drug-likeness (QED) is 0.898. The average Bonchev–Trinajstić information content (AvgIpc) is 2.63. The van der Waals surface area contributed by atoms with Crippen LogP contribution in [0, 0.1) is 6.92 Å². The van der Waals surface area contributed by atoms with E-state index >= 15 is 0 Å². The van der Waals surface area contributed by atoms with Gasteiger partial charge in [-0.05, 0) is 31.2 Å². The molecule has 0 atom stereocenters. The summed E-state index contributed by atoms with van der Waals surface area (Å²) in [5.41, 5.74) is 2.22. The van der Waals surface area contributed by atoms with Crippen molar-refractivity contribution in [3.8, 4) is 5.69 Å². The molecule has 16 heavy (non-hydrogen) atoms. The lowest BCUT2D eigenvalue weighted by Crippen LogP contribution is -2.00. The molecule has 0 amide bonds. The largest absolute Gasteiger partial charge is 0.390 e. The van der Waals surface area contributed by atoms with Crippen LogP contribution in [-0.2, 0) is 6.61 Å². The van der Waals surface area contributed by atoms with Crippen LogP contribution in [-0.4, -0.2) is 14.9 Å². The summed E-state index contributed by atoms with van der Waals surface area (Å²) >= 11 is 12.0. The lowest BCUT2D eigenvalue weighted by Gasteiger charge is -2.06. The van der Waals surface area contributed by atoms with Gasteiger partial charge in [0.1, 0.15) is 0 Å². The summed E-state index contributed by atoms with van der Waals surface area (Å²) in [6, 6.07) is 6.99. The van der Waals surface area contributed by atoms with Gasteiger partial charge in [-0.25, -0.2) is 4.68 Å². The fourth-order valence-corrected chi connectivity index (χ4v) is 1.87. The predicted octanol–water partition coefficient (Wildman–Crippen LogP) is 2.98. The molecule has 1 heterocycles. The number of benzene rings is 1. The molecule has 0 aliphatic heterocycles. The molecule has 2 rings (SSSR count). The van der Waals surface area contributed by atoms with Crippen molar-refractivity contribution in [3.05, 3.63) is 45.7 Å². The molecule has 0 aliphatic carbocycles. The van der Waals surface area contributed by atoms with Gasteiger partial charge in [-0.1, -0.05) is 23.2 Å². The lowest BCUT2D eigenvalue weighted by atomic mass is 10.3. The number of aliphatic hydroxyl groups excluding tert-OH is 1. The van der Waals surface area contributed by atoms with E-state index in [2.05, 4.69) is 5.10 Å². The minimum absolute atomic E-state index is 0.0912. The van der Waals surface area contributed by atoms with Gasteiger partial charge in [0.25, 0.3) is 0 Å². The van der Waals surface area contributed by atoms with Gasteiger partial charge in [-0.2, -0.15) is 5.10 Å². The summed E-state index contributed by atoms with van der Waals surface area (Å²) in [5.74, 6) is 0. The van der Waals surface area contributed by atoms with Gasteiger partial charge >= 0.3 is 0 Å². The minimum Gasteiger partial charge on any atom is -0.390 e. The zero-order valence-electron chi connectivity index (χ0n) is 8.61. The first-order chi connectivity index (χ1) is 7.61. The molecular formula is C11H10Cl2N2O. The number of halogens is 2. The highest BCUT2D eigenvalue weighted by molar-refractivity contribution is 6.34. The molecule has 0 spiro atoms. The van der Waals surface area contributed by atoms with Crippen molar-refractivity contribution in [2.24, 2.45) is 0 Å². The van der Waals surface area contributed by atoms with Gasteiger partial charge in [-0.15, -0.1) is 0 Å². The first-order valence-corrected chi connectivity index (χ1v) is 5.49. The van der Waals surface area contributed by atoms with E-state index in [1.54, 1.807) is 28.9 Å². The Labute approximate surface area is 103 Å². The maximum atomic E-state index is 9.01. The Kier molecular flexibility index (Phi) is 3.19. The number of aromatic nitrogens is 2. The molecule has 0 saturated heterocycles. The van der Waals surface area contributed by atoms with Crippen LogP contribution in [0.3, 0.4) is 0 Å². The molecule has 1 aromatic carbocycles. The molecule has 1 N–H and O–H groups in total. The monoisotopic (exact) mass is 256 g/mol. The molecule has 0 bridgehead atoms. The van der Waals surface area contributed by atoms with Gasteiger partial charge in [-0.3, -0.25) is 0 Å². The van der Waals surface area contributed by atoms with E-state index in [4.69, 9.17) is 28.3 Å². The Balaban J connectivity index is 2.57. The number of nitrogens with zero attached hydrogens (tertiary/aromatic N) is 2. The first-order valence-electron chi connectivity index (χ1n) is 4.73. The Morgan fingerprint density at radius 3 is 2.69 bits per heavy atom. The summed E-state index contributed by atoms with van der Waals surface area (Å²) < 4.78 is 1.67. The van der Waals surface area contributed by atoms with Crippen LogP contribution in [0.2, 0.25) is 10.0 Å². The van der Waals surface area contributed by atoms with Crippen molar-refractivity contribution in [1.82, 2.24) is 9.78 Å². The Morgan fingerprint density at radius 1 is 1.31 bits per heavy atom. The van der Waals surface area contributed by atoms with Gasteiger partial charge in [0.15, 0.2) is 0 Å². The topological polar surface area (TPSA) is 38.1 Å². The van der Waals surface area contributed by atoms with Crippen LogP contribution in [0.5, 0.6) is 0 Å². The third-order valence-corrected chi connectivity index (χ3v) is 2.79. The van der Waals surface area contributed by atoms with E-state index in [9.17, 15) is 0 Å². The normalized spacial score (nSPS) is 10.8. The van der Waals surface area contributed by atoms with Crippen molar-refractivity contribution in [2.75, 3.05) is 0 Å². The van der Waals surface area contributed by atoms with Crippen LogP contribution in [0.25, 0.3) is 5.69 Å². The van der Waals surface area contributed by atoms with Gasteiger partial charge in [0, 0.05) is 10.7 Å². The van der Waals surface area contributed by atoms with Crippen molar-refractivity contribution in [1.29, 1.82) is 0 Å². The van der Waals surface area contributed by atoms with E-state index in [-0.39, 0.29) is 6.61 Å². The van der Waals surface area contributed by atoms with Crippen LogP contribution in [0.15, 0.2) is 24.3 Å². The summed E-state index contributed by atoms with van der Waals surface area (Å²) in [4.78, 5) is 0. The van der Waals surface area contributed by atoms with E-state index < -0.39 is 0 Å². The Morgan fingerprint density at radius 2 is 2.06 bits per heavy atom. The number of aliphatic hydroxyl groups is 1. The number of rotatable bonds is 2. The number of hydrogen-bond acceptors (Lipinski definition) is 2. The van der Waals surface area contributed by atoms with Gasteiger partial charge < -0.3 is 5.11 Å². The summed E-state index contributed by atoms with van der Waals surface area (Å²) in [7, 11) is 0. The maximum Gasteiger partial charge on any atom is 0.0886 e. The minimum atomic E-state index is -0.0912. The number of aryl methyl sites for hydroxylation is 1.